The Morgan fingerprint density at radius 2 is 2.08 bits per heavy atom. The summed E-state index contributed by atoms with van der Waals surface area (Å²) in [6.07, 6.45) is 4.45. The Morgan fingerprint density at radius 3 is 2.75 bits per heavy atom. The number of amides is 1. The first kappa shape index (κ1) is 17.6. The van der Waals surface area contributed by atoms with E-state index in [2.05, 4.69) is 5.32 Å². The van der Waals surface area contributed by atoms with E-state index in [9.17, 15) is 9.59 Å². The van der Waals surface area contributed by atoms with Gasteiger partial charge in [0.25, 0.3) is 5.91 Å². The van der Waals surface area contributed by atoms with Gasteiger partial charge in [0, 0.05) is 11.4 Å². The molecule has 0 spiro atoms. The van der Waals surface area contributed by atoms with Crippen molar-refractivity contribution in [3.05, 3.63) is 28.2 Å². The minimum absolute atomic E-state index is 0.299. The topological polar surface area (TPSA) is 55.4 Å². The van der Waals surface area contributed by atoms with E-state index in [1.165, 1.54) is 19.3 Å². The molecule has 1 aromatic carbocycles. The van der Waals surface area contributed by atoms with Crippen LogP contribution >= 0.6 is 23.2 Å². The van der Waals surface area contributed by atoms with Crippen molar-refractivity contribution in [1.82, 2.24) is 0 Å². The van der Waals surface area contributed by atoms with Gasteiger partial charge in [-0.3, -0.25) is 9.59 Å². The van der Waals surface area contributed by atoms with Crippen LogP contribution < -0.4 is 5.32 Å². The molecule has 4 unspecified atom stereocenters. The van der Waals surface area contributed by atoms with Crippen molar-refractivity contribution in [3.63, 3.8) is 0 Å². The van der Waals surface area contributed by atoms with Crippen molar-refractivity contribution in [2.75, 3.05) is 5.32 Å². The molecule has 0 saturated heterocycles. The minimum atomic E-state index is -0.869. The molecule has 2 aliphatic rings. The first-order chi connectivity index (χ1) is 11.4. The third kappa shape index (κ3) is 4.04. The Morgan fingerprint density at radius 1 is 1.29 bits per heavy atom. The fourth-order valence-electron chi connectivity index (χ4n) is 3.97. The molecule has 130 valence electrons. The summed E-state index contributed by atoms with van der Waals surface area (Å²) in [4.78, 5) is 24.3. The largest absolute Gasteiger partial charge is 0.453 e. The van der Waals surface area contributed by atoms with Crippen LogP contribution in [-0.2, 0) is 14.3 Å². The van der Waals surface area contributed by atoms with Crippen LogP contribution in [0, 0.1) is 17.8 Å². The van der Waals surface area contributed by atoms with Crippen LogP contribution in [-0.4, -0.2) is 18.0 Å². The fraction of sp³-hybridized carbons (Fsp3) is 0.556. The van der Waals surface area contributed by atoms with Crippen molar-refractivity contribution in [3.8, 4) is 0 Å². The van der Waals surface area contributed by atoms with E-state index in [0.717, 1.165) is 12.3 Å². The van der Waals surface area contributed by atoms with E-state index in [1.54, 1.807) is 25.1 Å². The predicted molar refractivity (Wildman–Crippen MR) is 94.2 cm³/mol. The molecule has 2 aliphatic carbocycles. The zero-order chi connectivity index (χ0) is 17.3. The smallest absolute Gasteiger partial charge is 0.306 e. The monoisotopic (exact) mass is 369 g/mol. The van der Waals surface area contributed by atoms with Crippen molar-refractivity contribution in [2.45, 2.75) is 45.1 Å². The summed E-state index contributed by atoms with van der Waals surface area (Å²) >= 11 is 11.9. The molecule has 4 atom stereocenters. The van der Waals surface area contributed by atoms with Gasteiger partial charge in [0.05, 0.1) is 10.7 Å². The van der Waals surface area contributed by atoms with Gasteiger partial charge in [-0.1, -0.05) is 29.6 Å². The lowest BCUT2D eigenvalue weighted by Gasteiger charge is -2.21. The van der Waals surface area contributed by atoms with Crippen LogP contribution in [0.1, 0.15) is 39.0 Å². The zero-order valence-electron chi connectivity index (χ0n) is 13.6. The highest BCUT2D eigenvalue weighted by Crippen LogP contribution is 2.49. The highest BCUT2D eigenvalue weighted by molar-refractivity contribution is 6.35. The number of carbonyl (C=O) groups excluding carboxylic acids is 2. The molecule has 0 aliphatic heterocycles. The van der Waals surface area contributed by atoms with E-state index >= 15 is 0 Å². The van der Waals surface area contributed by atoms with Crippen LogP contribution in [0.5, 0.6) is 0 Å². The number of anilines is 1. The standard InChI is InChI=1S/C18H21Cl2NO3/c1-10(18(23)21-16-9-14(19)4-5-15(16)20)24-17(22)8-13-7-11-2-3-12(13)6-11/h4-5,9-13H,2-3,6-8H2,1H3,(H,21,23). The lowest BCUT2D eigenvalue weighted by atomic mass is 9.86. The van der Waals surface area contributed by atoms with Gasteiger partial charge < -0.3 is 10.1 Å². The van der Waals surface area contributed by atoms with Crippen LogP contribution in [0.3, 0.4) is 0 Å². The minimum Gasteiger partial charge on any atom is -0.453 e. The molecule has 0 heterocycles. The maximum Gasteiger partial charge on any atom is 0.306 e. The summed E-state index contributed by atoms with van der Waals surface area (Å²) in [7, 11) is 0. The van der Waals surface area contributed by atoms with Crippen molar-refractivity contribution >= 4 is 40.8 Å². The predicted octanol–water partition coefficient (Wildman–Crippen LogP) is 4.69. The first-order valence-corrected chi connectivity index (χ1v) is 9.13. The molecular weight excluding hydrogens is 349 g/mol. The van der Waals surface area contributed by atoms with Gasteiger partial charge in [-0.2, -0.15) is 0 Å². The average Bonchev–Trinajstić information content (AvgIpc) is 3.13. The van der Waals surface area contributed by atoms with Gasteiger partial charge in [0.1, 0.15) is 0 Å². The second-order valence-corrected chi connectivity index (χ2v) is 7.73. The molecule has 0 radical (unpaired) electrons. The molecule has 1 amide bonds. The molecule has 0 aromatic heterocycles. The third-order valence-corrected chi connectivity index (χ3v) is 5.74. The molecule has 2 fully saturated rings. The number of hydrogen-bond acceptors (Lipinski definition) is 3. The Bertz CT molecular complexity index is 649. The SMILES string of the molecule is CC(OC(=O)CC1CC2CCC1C2)C(=O)Nc1cc(Cl)ccc1Cl. The summed E-state index contributed by atoms with van der Waals surface area (Å²) in [6.45, 7) is 1.56. The number of carbonyl (C=O) groups is 2. The van der Waals surface area contributed by atoms with Crippen LogP contribution in [0.25, 0.3) is 0 Å². The first-order valence-electron chi connectivity index (χ1n) is 8.37. The van der Waals surface area contributed by atoms with Gasteiger partial charge in [-0.25, -0.2) is 0 Å². The second-order valence-electron chi connectivity index (χ2n) is 6.88. The molecule has 2 saturated carbocycles. The third-order valence-electron chi connectivity index (χ3n) is 5.18. The summed E-state index contributed by atoms with van der Waals surface area (Å²) in [5.74, 6) is 1.16. The number of hydrogen-bond donors (Lipinski definition) is 1. The number of halogens is 2. The second kappa shape index (κ2) is 7.32. The van der Waals surface area contributed by atoms with E-state index in [4.69, 9.17) is 27.9 Å². The van der Waals surface area contributed by atoms with E-state index < -0.39 is 12.0 Å². The number of esters is 1. The van der Waals surface area contributed by atoms with E-state index in [-0.39, 0.29) is 5.97 Å². The van der Waals surface area contributed by atoms with Gasteiger partial charge in [-0.15, -0.1) is 0 Å². The quantitative estimate of drug-likeness (QED) is 0.765. The normalized spacial score (nSPS) is 26.2. The molecule has 24 heavy (non-hydrogen) atoms. The van der Waals surface area contributed by atoms with Gasteiger partial charge in [0.15, 0.2) is 6.10 Å². The summed E-state index contributed by atoms with van der Waals surface area (Å²) in [6, 6.07) is 4.80. The van der Waals surface area contributed by atoms with Crippen LogP contribution in [0.4, 0.5) is 5.69 Å². The number of rotatable bonds is 5. The van der Waals surface area contributed by atoms with Gasteiger partial charge in [-0.05, 0) is 62.1 Å². The number of nitrogens with one attached hydrogen (secondary N) is 1. The van der Waals surface area contributed by atoms with Crippen molar-refractivity contribution < 1.29 is 14.3 Å². The van der Waals surface area contributed by atoms with Gasteiger partial charge >= 0.3 is 5.97 Å². The molecule has 3 rings (SSSR count). The van der Waals surface area contributed by atoms with Gasteiger partial charge in [0.2, 0.25) is 0 Å². The highest BCUT2D eigenvalue weighted by atomic mass is 35.5. The molecule has 1 N–H and O–H groups in total. The highest BCUT2D eigenvalue weighted by Gasteiger charge is 2.40. The van der Waals surface area contributed by atoms with Crippen LogP contribution in [0.15, 0.2) is 18.2 Å². The Kier molecular flexibility index (Phi) is 5.36. The maximum atomic E-state index is 12.2. The molecule has 2 bridgehead atoms. The molecular formula is C18H21Cl2NO3. The number of ether oxygens (including phenoxy) is 1. The Hall–Kier alpha value is -1.26. The lowest BCUT2D eigenvalue weighted by Crippen LogP contribution is -2.31. The maximum absolute atomic E-state index is 12.2. The fourth-order valence-corrected chi connectivity index (χ4v) is 4.30. The molecule has 6 heteroatoms. The molecule has 4 nitrogen and oxygen atoms in total. The van der Waals surface area contributed by atoms with E-state index in [0.29, 0.717) is 34.0 Å². The van der Waals surface area contributed by atoms with E-state index in [1.807, 2.05) is 0 Å². The van der Waals surface area contributed by atoms with Crippen LogP contribution in [0.2, 0.25) is 10.0 Å². The lowest BCUT2D eigenvalue weighted by molar-refractivity contribution is -0.154. The number of benzene rings is 1. The zero-order valence-corrected chi connectivity index (χ0v) is 15.1. The summed E-state index contributed by atoms with van der Waals surface area (Å²) in [5, 5.41) is 3.50. The summed E-state index contributed by atoms with van der Waals surface area (Å²) < 4.78 is 5.30. The average molecular weight is 370 g/mol. The summed E-state index contributed by atoms with van der Waals surface area (Å²) in [5.41, 5.74) is 0.408. The molecule has 1 aromatic rings. The van der Waals surface area contributed by atoms with Crippen molar-refractivity contribution in [2.24, 2.45) is 17.8 Å². The number of fused-ring (bicyclic) bond motifs is 2. The Labute approximate surface area is 151 Å². The Balaban J connectivity index is 1.50. The van der Waals surface area contributed by atoms with Crippen molar-refractivity contribution in [1.29, 1.82) is 0 Å².